The Morgan fingerprint density at radius 3 is 2.18 bits per heavy atom. The van der Waals surface area contributed by atoms with Gasteiger partial charge in [-0.25, -0.2) is 4.79 Å². The number of nitrogens with one attached hydrogen (secondary N) is 1. The van der Waals surface area contributed by atoms with Crippen molar-refractivity contribution in [3.05, 3.63) is 46.5 Å². The van der Waals surface area contributed by atoms with E-state index in [9.17, 15) is 9.59 Å². The molecule has 2 aromatic rings. The van der Waals surface area contributed by atoms with E-state index in [0.29, 0.717) is 28.0 Å². The van der Waals surface area contributed by atoms with Gasteiger partial charge in [0.2, 0.25) is 5.75 Å². The maximum absolute atomic E-state index is 12.5. The summed E-state index contributed by atoms with van der Waals surface area (Å²) in [5, 5.41) is 3.23. The number of carbonyl (C=O) groups is 2. The number of anilines is 1. The standard InChI is InChI=1S/C20H22ClNO6/c1-11-14(21)7-6-8-15(11)22-19(23)12(2)28-20(24)13-9-16(25-3)18(27-5)17(10-13)26-4/h6-10,12H,1-5H3,(H,22,23)/t12-/m0/s1. The predicted octanol–water partition coefficient (Wildman–Crippen LogP) is 3.86. The zero-order chi connectivity index (χ0) is 20.8. The first-order valence-corrected chi connectivity index (χ1v) is 8.77. The molecule has 0 aliphatic carbocycles. The molecule has 0 unspecified atom stereocenters. The van der Waals surface area contributed by atoms with Crippen LogP contribution in [0.4, 0.5) is 5.69 Å². The van der Waals surface area contributed by atoms with Crippen molar-refractivity contribution in [3.63, 3.8) is 0 Å². The van der Waals surface area contributed by atoms with Gasteiger partial charge < -0.3 is 24.3 Å². The number of rotatable bonds is 7. The molecule has 1 atom stereocenters. The van der Waals surface area contributed by atoms with E-state index in [1.165, 1.54) is 40.4 Å². The lowest BCUT2D eigenvalue weighted by Crippen LogP contribution is -2.30. The van der Waals surface area contributed by atoms with Crippen LogP contribution >= 0.6 is 11.6 Å². The zero-order valence-electron chi connectivity index (χ0n) is 16.3. The van der Waals surface area contributed by atoms with Crippen molar-refractivity contribution in [1.29, 1.82) is 0 Å². The lowest BCUT2D eigenvalue weighted by molar-refractivity contribution is -0.123. The second kappa shape index (κ2) is 9.32. The molecule has 0 heterocycles. The van der Waals surface area contributed by atoms with Crippen LogP contribution in [0, 0.1) is 6.92 Å². The summed E-state index contributed by atoms with van der Waals surface area (Å²) < 4.78 is 20.9. The second-order valence-electron chi connectivity index (χ2n) is 5.86. The number of benzene rings is 2. The molecule has 0 radical (unpaired) electrons. The Morgan fingerprint density at radius 1 is 1.04 bits per heavy atom. The van der Waals surface area contributed by atoms with Crippen LogP contribution < -0.4 is 19.5 Å². The van der Waals surface area contributed by atoms with Crippen LogP contribution in [-0.2, 0) is 9.53 Å². The van der Waals surface area contributed by atoms with Gasteiger partial charge in [-0.05, 0) is 43.7 Å². The summed E-state index contributed by atoms with van der Waals surface area (Å²) in [6.07, 6.45) is -1.04. The van der Waals surface area contributed by atoms with E-state index in [1.807, 2.05) is 0 Å². The molecule has 0 aliphatic heterocycles. The summed E-state index contributed by atoms with van der Waals surface area (Å²) in [5.41, 5.74) is 1.43. The minimum absolute atomic E-state index is 0.160. The van der Waals surface area contributed by atoms with Crippen molar-refractivity contribution < 1.29 is 28.5 Å². The molecule has 8 heteroatoms. The van der Waals surface area contributed by atoms with Crippen LogP contribution in [0.1, 0.15) is 22.8 Å². The molecule has 2 aromatic carbocycles. The number of amides is 1. The minimum Gasteiger partial charge on any atom is -0.493 e. The first-order chi connectivity index (χ1) is 13.3. The molecular formula is C20H22ClNO6. The lowest BCUT2D eigenvalue weighted by Gasteiger charge is -2.17. The molecule has 28 heavy (non-hydrogen) atoms. The van der Waals surface area contributed by atoms with Gasteiger partial charge in [0.1, 0.15) is 0 Å². The highest BCUT2D eigenvalue weighted by molar-refractivity contribution is 6.31. The molecule has 1 amide bonds. The third kappa shape index (κ3) is 4.67. The third-order valence-corrected chi connectivity index (χ3v) is 4.49. The first-order valence-electron chi connectivity index (χ1n) is 8.39. The molecule has 1 N–H and O–H groups in total. The van der Waals surface area contributed by atoms with E-state index in [4.69, 9.17) is 30.5 Å². The molecule has 0 spiro atoms. The minimum atomic E-state index is -1.04. The Kier molecular flexibility index (Phi) is 7.12. The van der Waals surface area contributed by atoms with E-state index in [-0.39, 0.29) is 5.56 Å². The van der Waals surface area contributed by atoms with Crippen molar-refractivity contribution in [2.24, 2.45) is 0 Å². The van der Waals surface area contributed by atoms with Crippen molar-refractivity contribution >= 4 is 29.2 Å². The van der Waals surface area contributed by atoms with Gasteiger partial charge in [0.25, 0.3) is 5.91 Å². The van der Waals surface area contributed by atoms with Gasteiger partial charge in [-0.1, -0.05) is 17.7 Å². The van der Waals surface area contributed by atoms with Gasteiger partial charge in [-0.2, -0.15) is 0 Å². The topological polar surface area (TPSA) is 83.1 Å². The summed E-state index contributed by atoms with van der Waals surface area (Å²) in [4.78, 5) is 24.9. The number of carbonyl (C=O) groups excluding carboxylic acids is 2. The Morgan fingerprint density at radius 2 is 1.64 bits per heavy atom. The fourth-order valence-electron chi connectivity index (χ4n) is 2.46. The molecule has 0 aromatic heterocycles. The van der Waals surface area contributed by atoms with E-state index in [1.54, 1.807) is 25.1 Å². The zero-order valence-corrected chi connectivity index (χ0v) is 17.0. The smallest absolute Gasteiger partial charge is 0.339 e. The van der Waals surface area contributed by atoms with Crippen LogP contribution in [0.2, 0.25) is 5.02 Å². The maximum atomic E-state index is 12.5. The van der Waals surface area contributed by atoms with Gasteiger partial charge >= 0.3 is 5.97 Å². The Balaban J connectivity index is 2.15. The highest BCUT2D eigenvalue weighted by Crippen LogP contribution is 2.38. The number of hydrogen-bond donors (Lipinski definition) is 1. The average molecular weight is 408 g/mol. The first kappa shape index (κ1) is 21.4. The van der Waals surface area contributed by atoms with Crippen molar-refractivity contribution in [2.75, 3.05) is 26.6 Å². The monoisotopic (exact) mass is 407 g/mol. The normalized spacial score (nSPS) is 11.4. The van der Waals surface area contributed by atoms with Crippen LogP contribution in [0.15, 0.2) is 30.3 Å². The van der Waals surface area contributed by atoms with E-state index < -0.39 is 18.0 Å². The summed E-state index contributed by atoms with van der Waals surface area (Å²) in [6.45, 7) is 3.26. The van der Waals surface area contributed by atoms with Gasteiger partial charge in [-0.15, -0.1) is 0 Å². The largest absolute Gasteiger partial charge is 0.493 e. The fraction of sp³-hybridized carbons (Fsp3) is 0.300. The van der Waals surface area contributed by atoms with Crippen molar-refractivity contribution in [3.8, 4) is 17.2 Å². The van der Waals surface area contributed by atoms with Crippen molar-refractivity contribution in [2.45, 2.75) is 20.0 Å². The van der Waals surface area contributed by atoms with Gasteiger partial charge in [0.15, 0.2) is 17.6 Å². The molecule has 2 rings (SSSR count). The molecule has 150 valence electrons. The molecule has 0 fully saturated rings. The summed E-state index contributed by atoms with van der Waals surface area (Å²) in [7, 11) is 4.34. The van der Waals surface area contributed by atoms with Gasteiger partial charge in [0.05, 0.1) is 26.9 Å². The maximum Gasteiger partial charge on any atom is 0.339 e. The number of ether oxygens (including phenoxy) is 4. The molecule has 0 saturated heterocycles. The second-order valence-corrected chi connectivity index (χ2v) is 6.27. The summed E-state index contributed by atoms with van der Waals surface area (Å²) >= 11 is 6.05. The summed E-state index contributed by atoms with van der Waals surface area (Å²) in [5.74, 6) is -0.222. The number of halogens is 1. The van der Waals surface area contributed by atoms with Crippen LogP contribution in [0.5, 0.6) is 17.2 Å². The lowest BCUT2D eigenvalue weighted by atomic mass is 10.1. The van der Waals surface area contributed by atoms with Crippen LogP contribution in [0.25, 0.3) is 0 Å². The van der Waals surface area contributed by atoms with E-state index in [0.717, 1.165) is 5.56 Å². The Labute approximate surface area is 168 Å². The van der Waals surface area contributed by atoms with Crippen molar-refractivity contribution in [1.82, 2.24) is 0 Å². The highest BCUT2D eigenvalue weighted by atomic mass is 35.5. The summed E-state index contributed by atoms with van der Waals surface area (Å²) in [6, 6.07) is 8.07. The van der Waals surface area contributed by atoms with E-state index >= 15 is 0 Å². The fourth-order valence-corrected chi connectivity index (χ4v) is 2.63. The van der Waals surface area contributed by atoms with Gasteiger partial charge in [0, 0.05) is 10.7 Å². The Bertz CT molecular complexity index is 858. The molecular weight excluding hydrogens is 386 g/mol. The molecule has 0 saturated carbocycles. The quantitative estimate of drug-likeness (QED) is 0.702. The molecule has 0 aliphatic rings. The van der Waals surface area contributed by atoms with E-state index in [2.05, 4.69) is 5.32 Å². The molecule has 0 bridgehead atoms. The predicted molar refractivity (Wildman–Crippen MR) is 106 cm³/mol. The number of esters is 1. The number of methoxy groups -OCH3 is 3. The Hall–Kier alpha value is -2.93. The highest BCUT2D eigenvalue weighted by Gasteiger charge is 2.23. The third-order valence-electron chi connectivity index (χ3n) is 4.08. The molecule has 7 nitrogen and oxygen atoms in total. The van der Waals surface area contributed by atoms with Gasteiger partial charge in [-0.3, -0.25) is 4.79 Å². The average Bonchev–Trinajstić information content (AvgIpc) is 2.69. The van der Waals surface area contributed by atoms with Crippen LogP contribution in [0.3, 0.4) is 0 Å². The number of hydrogen-bond acceptors (Lipinski definition) is 6. The SMILES string of the molecule is COc1cc(C(=O)O[C@@H](C)C(=O)Nc2cccc(Cl)c2C)cc(OC)c1OC. The van der Waals surface area contributed by atoms with Crippen LogP contribution in [-0.4, -0.2) is 39.3 Å².